The average molecular weight is 383 g/mol. The Morgan fingerprint density at radius 1 is 1.25 bits per heavy atom. The van der Waals surface area contributed by atoms with E-state index in [4.69, 9.17) is 14.8 Å². The largest absolute Gasteiger partial charge is 0.483 e. The van der Waals surface area contributed by atoms with Crippen LogP contribution in [-0.2, 0) is 11.3 Å². The SMILES string of the molecule is Cc1cccc(OCC(=O)N2CCn3nc(C4CC4)nc3[C@@H]2CC(C)C)c1C. The van der Waals surface area contributed by atoms with Crippen LogP contribution in [0, 0.1) is 19.8 Å². The zero-order valence-electron chi connectivity index (χ0n) is 17.3. The Bertz CT molecular complexity index is 869. The van der Waals surface area contributed by atoms with Crippen molar-refractivity contribution in [3.05, 3.63) is 41.0 Å². The number of fused-ring (bicyclic) bond motifs is 1. The zero-order valence-corrected chi connectivity index (χ0v) is 17.3. The predicted octanol–water partition coefficient (Wildman–Crippen LogP) is 3.78. The van der Waals surface area contributed by atoms with Crippen LogP contribution in [0.25, 0.3) is 0 Å². The summed E-state index contributed by atoms with van der Waals surface area (Å²) in [6, 6.07) is 5.92. The van der Waals surface area contributed by atoms with Gasteiger partial charge in [0.15, 0.2) is 12.4 Å². The smallest absolute Gasteiger partial charge is 0.261 e. The normalized spacial score (nSPS) is 19.0. The Morgan fingerprint density at radius 3 is 2.75 bits per heavy atom. The maximum Gasteiger partial charge on any atom is 0.261 e. The van der Waals surface area contributed by atoms with Crippen LogP contribution in [0.1, 0.15) is 67.8 Å². The first-order valence-electron chi connectivity index (χ1n) is 10.4. The third-order valence-corrected chi connectivity index (χ3v) is 5.81. The molecule has 6 nitrogen and oxygen atoms in total. The lowest BCUT2D eigenvalue weighted by atomic mass is 10.00. The van der Waals surface area contributed by atoms with Gasteiger partial charge in [-0.3, -0.25) is 4.79 Å². The number of rotatable bonds is 6. The molecule has 1 aromatic carbocycles. The van der Waals surface area contributed by atoms with Crippen molar-refractivity contribution in [2.45, 2.75) is 65.5 Å². The van der Waals surface area contributed by atoms with Crippen LogP contribution in [0.15, 0.2) is 18.2 Å². The molecule has 1 atom stereocenters. The van der Waals surface area contributed by atoms with Crippen molar-refractivity contribution >= 4 is 5.91 Å². The average Bonchev–Trinajstić information content (AvgIpc) is 3.41. The van der Waals surface area contributed by atoms with E-state index in [1.165, 1.54) is 18.4 Å². The van der Waals surface area contributed by atoms with Gasteiger partial charge in [0.2, 0.25) is 0 Å². The van der Waals surface area contributed by atoms with Crippen LogP contribution >= 0.6 is 0 Å². The summed E-state index contributed by atoms with van der Waals surface area (Å²) in [4.78, 5) is 19.9. The Hall–Kier alpha value is -2.37. The second kappa shape index (κ2) is 7.57. The number of benzene rings is 1. The molecule has 6 heteroatoms. The van der Waals surface area contributed by atoms with E-state index in [9.17, 15) is 4.79 Å². The first-order valence-corrected chi connectivity index (χ1v) is 10.4. The van der Waals surface area contributed by atoms with E-state index < -0.39 is 0 Å². The first-order chi connectivity index (χ1) is 13.4. The van der Waals surface area contributed by atoms with Crippen LogP contribution < -0.4 is 4.74 Å². The van der Waals surface area contributed by atoms with Crippen molar-refractivity contribution in [2.24, 2.45) is 5.92 Å². The van der Waals surface area contributed by atoms with E-state index in [1.54, 1.807) is 0 Å². The van der Waals surface area contributed by atoms with Crippen molar-refractivity contribution in [3.8, 4) is 5.75 Å². The number of aryl methyl sites for hydroxylation is 1. The summed E-state index contributed by atoms with van der Waals surface area (Å²) in [6.45, 7) is 9.88. The highest BCUT2D eigenvalue weighted by molar-refractivity contribution is 5.78. The maximum absolute atomic E-state index is 13.1. The van der Waals surface area contributed by atoms with Crippen LogP contribution in [-0.4, -0.2) is 38.7 Å². The minimum absolute atomic E-state index is 0.0220. The van der Waals surface area contributed by atoms with Crippen LogP contribution in [0.4, 0.5) is 0 Å². The molecule has 1 aliphatic heterocycles. The lowest BCUT2D eigenvalue weighted by molar-refractivity contribution is -0.137. The third kappa shape index (κ3) is 3.77. The second-order valence-electron chi connectivity index (χ2n) is 8.54. The number of aromatic nitrogens is 3. The van der Waals surface area contributed by atoms with Crippen molar-refractivity contribution in [2.75, 3.05) is 13.2 Å². The number of ether oxygens (including phenoxy) is 1. The summed E-state index contributed by atoms with van der Waals surface area (Å²) in [5, 5.41) is 4.72. The van der Waals surface area contributed by atoms with Gasteiger partial charge < -0.3 is 9.64 Å². The van der Waals surface area contributed by atoms with E-state index in [-0.39, 0.29) is 18.6 Å². The van der Waals surface area contributed by atoms with Crippen molar-refractivity contribution in [1.82, 2.24) is 19.7 Å². The molecular formula is C22H30N4O2. The quantitative estimate of drug-likeness (QED) is 0.763. The molecule has 0 bridgehead atoms. The van der Waals surface area contributed by atoms with Crippen LogP contribution in [0.5, 0.6) is 5.75 Å². The highest BCUT2D eigenvalue weighted by atomic mass is 16.5. The van der Waals surface area contributed by atoms with Gasteiger partial charge in [-0.05, 0) is 56.2 Å². The Balaban J connectivity index is 1.51. The number of nitrogens with zero attached hydrogens (tertiary/aromatic N) is 4. The molecule has 2 aromatic rings. The summed E-state index contributed by atoms with van der Waals surface area (Å²) in [7, 11) is 0. The summed E-state index contributed by atoms with van der Waals surface area (Å²) < 4.78 is 7.92. The van der Waals surface area contributed by atoms with Gasteiger partial charge >= 0.3 is 0 Å². The molecule has 150 valence electrons. The highest BCUT2D eigenvalue weighted by Gasteiger charge is 2.37. The fourth-order valence-electron chi connectivity index (χ4n) is 3.88. The number of hydrogen-bond donors (Lipinski definition) is 0. The number of carbonyl (C=O) groups is 1. The topological polar surface area (TPSA) is 60.2 Å². The standard InChI is InChI=1S/C22H30N4O2/c1-14(2)12-18-22-23-21(17-8-9-17)24-26(22)11-10-25(18)20(27)13-28-19-7-5-6-15(3)16(19)4/h5-7,14,17-18H,8-13H2,1-4H3/t18-/m0/s1. The fraction of sp³-hybridized carbons (Fsp3) is 0.591. The lowest BCUT2D eigenvalue weighted by Gasteiger charge is -2.36. The van der Waals surface area contributed by atoms with Gasteiger partial charge in [0.25, 0.3) is 5.91 Å². The number of carbonyl (C=O) groups excluding carboxylic acids is 1. The van der Waals surface area contributed by atoms with E-state index in [1.807, 2.05) is 28.6 Å². The zero-order chi connectivity index (χ0) is 19.8. The van der Waals surface area contributed by atoms with Crippen molar-refractivity contribution in [3.63, 3.8) is 0 Å². The van der Waals surface area contributed by atoms with E-state index >= 15 is 0 Å². The molecule has 4 rings (SSSR count). The Labute approximate surface area is 166 Å². The van der Waals surface area contributed by atoms with Gasteiger partial charge in [0.1, 0.15) is 11.6 Å². The molecule has 0 unspecified atom stereocenters. The van der Waals surface area contributed by atoms with Gasteiger partial charge in [-0.2, -0.15) is 5.10 Å². The minimum Gasteiger partial charge on any atom is -0.483 e. The second-order valence-corrected chi connectivity index (χ2v) is 8.54. The molecule has 1 aromatic heterocycles. The van der Waals surface area contributed by atoms with Gasteiger partial charge in [0, 0.05) is 12.5 Å². The molecule has 0 N–H and O–H groups in total. The first kappa shape index (κ1) is 19.0. The lowest BCUT2D eigenvalue weighted by Crippen LogP contribution is -2.45. The molecule has 1 fully saturated rings. The monoisotopic (exact) mass is 382 g/mol. The molecule has 0 spiro atoms. The number of amides is 1. The summed E-state index contributed by atoms with van der Waals surface area (Å²) in [5.74, 6) is 3.70. The van der Waals surface area contributed by atoms with Gasteiger partial charge in [0.05, 0.1) is 12.6 Å². The fourth-order valence-corrected chi connectivity index (χ4v) is 3.88. The van der Waals surface area contributed by atoms with Crippen LogP contribution in [0.2, 0.25) is 0 Å². The Morgan fingerprint density at radius 2 is 2.04 bits per heavy atom. The van der Waals surface area contributed by atoms with Crippen LogP contribution in [0.3, 0.4) is 0 Å². The number of hydrogen-bond acceptors (Lipinski definition) is 4. The summed E-state index contributed by atoms with van der Waals surface area (Å²) in [5.41, 5.74) is 2.25. The van der Waals surface area contributed by atoms with Gasteiger partial charge in [-0.15, -0.1) is 0 Å². The summed E-state index contributed by atoms with van der Waals surface area (Å²) >= 11 is 0. The minimum atomic E-state index is -0.0246. The molecule has 1 saturated carbocycles. The van der Waals surface area contributed by atoms with Crippen molar-refractivity contribution < 1.29 is 9.53 Å². The van der Waals surface area contributed by atoms with E-state index in [0.29, 0.717) is 24.9 Å². The highest BCUT2D eigenvalue weighted by Crippen LogP contribution is 2.40. The van der Waals surface area contributed by atoms with E-state index in [2.05, 4.69) is 26.8 Å². The summed E-state index contributed by atoms with van der Waals surface area (Å²) in [6.07, 6.45) is 3.26. The predicted molar refractivity (Wildman–Crippen MR) is 107 cm³/mol. The third-order valence-electron chi connectivity index (χ3n) is 5.81. The molecule has 1 aliphatic carbocycles. The molecule has 0 saturated heterocycles. The molecule has 28 heavy (non-hydrogen) atoms. The van der Waals surface area contributed by atoms with Crippen molar-refractivity contribution in [1.29, 1.82) is 0 Å². The molecular weight excluding hydrogens is 352 g/mol. The molecule has 1 amide bonds. The molecule has 2 aliphatic rings. The van der Waals surface area contributed by atoms with Gasteiger partial charge in [-0.1, -0.05) is 26.0 Å². The van der Waals surface area contributed by atoms with Gasteiger partial charge in [-0.25, -0.2) is 9.67 Å². The maximum atomic E-state index is 13.1. The molecule has 2 heterocycles. The molecule has 0 radical (unpaired) electrons. The Kier molecular flexibility index (Phi) is 5.13. The van der Waals surface area contributed by atoms with E-state index in [0.717, 1.165) is 29.4 Å².